The number of amides is 1. The van der Waals surface area contributed by atoms with Gasteiger partial charge in [0, 0.05) is 6.20 Å². The number of hydrogen-bond acceptors (Lipinski definition) is 4. The Morgan fingerprint density at radius 2 is 2.19 bits per heavy atom. The van der Waals surface area contributed by atoms with Gasteiger partial charge in [0.1, 0.15) is 12.3 Å². The molecule has 2 aromatic rings. The first-order valence-corrected chi connectivity index (χ1v) is 6.20. The lowest BCUT2D eigenvalue weighted by Gasteiger charge is -2.09. The molecule has 0 aliphatic rings. The number of benzene rings is 1. The minimum Gasteiger partial charge on any atom is -0.496 e. The monoisotopic (exact) mass is 289 g/mol. The Labute approximate surface area is 121 Å². The number of rotatable bonds is 5. The topological polar surface area (TPSA) is 93.5 Å². The summed E-state index contributed by atoms with van der Waals surface area (Å²) in [5, 5.41) is 15.2. The Hall–Kier alpha value is -2.83. The third-order valence-electron chi connectivity index (χ3n) is 2.79. The largest absolute Gasteiger partial charge is 0.496 e. The van der Waals surface area contributed by atoms with Gasteiger partial charge in [0.2, 0.25) is 0 Å². The maximum Gasteiger partial charge on any atom is 0.325 e. The Balaban J connectivity index is 2.16. The van der Waals surface area contributed by atoms with Crippen LogP contribution in [0.3, 0.4) is 0 Å². The summed E-state index contributed by atoms with van der Waals surface area (Å²) in [5.41, 5.74) is 1.76. The molecule has 0 saturated carbocycles. The van der Waals surface area contributed by atoms with E-state index in [1.807, 2.05) is 13.0 Å². The zero-order chi connectivity index (χ0) is 15.4. The minimum atomic E-state index is -1.00. The number of carbonyl (C=O) groups is 2. The van der Waals surface area contributed by atoms with Gasteiger partial charge in [-0.15, -0.1) is 0 Å². The Kier molecular flexibility index (Phi) is 4.22. The highest BCUT2D eigenvalue weighted by Crippen LogP contribution is 2.21. The van der Waals surface area contributed by atoms with Crippen LogP contribution in [-0.4, -0.2) is 33.9 Å². The molecule has 0 radical (unpaired) electrons. The summed E-state index contributed by atoms with van der Waals surface area (Å²) in [5.74, 6) is -0.877. The number of aryl methyl sites for hydroxylation is 1. The van der Waals surface area contributed by atoms with E-state index in [9.17, 15) is 9.59 Å². The number of nitrogens with one attached hydrogen (secondary N) is 1. The normalized spacial score (nSPS) is 10.2. The van der Waals surface area contributed by atoms with E-state index in [2.05, 4.69) is 10.4 Å². The van der Waals surface area contributed by atoms with Crippen LogP contribution in [0.4, 0.5) is 5.69 Å². The Morgan fingerprint density at radius 3 is 2.86 bits per heavy atom. The molecule has 110 valence electrons. The molecule has 0 spiro atoms. The molecule has 1 aromatic heterocycles. The van der Waals surface area contributed by atoms with Crippen molar-refractivity contribution in [1.82, 2.24) is 9.78 Å². The van der Waals surface area contributed by atoms with Crippen molar-refractivity contribution in [3.05, 3.63) is 41.7 Å². The number of methoxy groups -OCH3 is 1. The average Bonchev–Trinajstić information content (AvgIpc) is 2.85. The number of carboxylic acid groups (broad SMARTS) is 1. The van der Waals surface area contributed by atoms with E-state index in [1.54, 1.807) is 12.1 Å². The fourth-order valence-electron chi connectivity index (χ4n) is 1.85. The summed E-state index contributed by atoms with van der Waals surface area (Å²) in [7, 11) is 1.49. The van der Waals surface area contributed by atoms with E-state index in [4.69, 9.17) is 9.84 Å². The number of nitrogens with zero attached hydrogens (tertiary/aromatic N) is 2. The highest BCUT2D eigenvalue weighted by Gasteiger charge is 2.13. The van der Waals surface area contributed by atoms with Gasteiger partial charge in [-0.2, -0.15) is 5.10 Å². The Morgan fingerprint density at radius 1 is 1.43 bits per heavy atom. The van der Waals surface area contributed by atoms with E-state index < -0.39 is 5.97 Å². The first-order valence-electron chi connectivity index (χ1n) is 6.20. The van der Waals surface area contributed by atoms with Crippen molar-refractivity contribution in [3.8, 4) is 5.75 Å². The second-order valence-corrected chi connectivity index (χ2v) is 4.48. The van der Waals surface area contributed by atoms with Gasteiger partial charge in [0.15, 0.2) is 0 Å². The molecule has 0 aliphatic carbocycles. The molecule has 1 amide bonds. The number of hydrogen-bond donors (Lipinski definition) is 2. The lowest BCUT2D eigenvalue weighted by Crippen LogP contribution is -2.13. The molecule has 2 N–H and O–H groups in total. The van der Waals surface area contributed by atoms with Crippen molar-refractivity contribution >= 4 is 17.6 Å². The molecule has 1 aromatic carbocycles. The van der Waals surface area contributed by atoms with Gasteiger partial charge in [-0.1, -0.05) is 11.6 Å². The van der Waals surface area contributed by atoms with Crippen LogP contribution in [0.2, 0.25) is 0 Å². The predicted molar refractivity (Wildman–Crippen MR) is 75.5 cm³/mol. The quantitative estimate of drug-likeness (QED) is 0.870. The zero-order valence-electron chi connectivity index (χ0n) is 11.7. The number of aromatic nitrogens is 2. The van der Waals surface area contributed by atoms with Crippen molar-refractivity contribution in [1.29, 1.82) is 0 Å². The Bertz CT molecular complexity index is 679. The SMILES string of the molecule is COc1ccc(C)cc1C(=O)Nc1cnn(CC(=O)O)c1. The molecule has 21 heavy (non-hydrogen) atoms. The van der Waals surface area contributed by atoms with Gasteiger partial charge in [-0.25, -0.2) is 0 Å². The lowest BCUT2D eigenvalue weighted by atomic mass is 10.1. The van der Waals surface area contributed by atoms with Crippen molar-refractivity contribution in [2.75, 3.05) is 12.4 Å². The third kappa shape index (κ3) is 3.59. The lowest BCUT2D eigenvalue weighted by molar-refractivity contribution is -0.137. The number of carbonyl (C=O) groups excluding carboxylic acids is 1. The van der Waals surface area contributed by atoms with E-state index in [0.717, 1.165) is 5.56 Å². The highest BCUT2D eigenvalue weighted by atomic mass is 16.5. The molecular formula is C14H15N3O4. The van der Waals surface area contributed by atoms with Gasteiger partial charge in [0.25, 0.3) is 5.91 Å². The van der Waals surface area contributed by atoms with Crippen LogP contribution in [-0.2, 0) is 11.3 Å². The summed E-state index contributed by atoms with van der Waals surface area (Å²) in [6, 6.07) is 5.29. The highest BCUT2D eigenvalue weighted by molar-refractivity contribution is 6.06. The molecule has 2 rings (SSSR count). The molecule has 7 nitrogen and oxygen atoms in total. The second-order valence-electron chi connectivity index (χ2n) is 4.48. The third-order valence-corrected chi connectivity index (χ3v) is 2.79. The van der Waals surface area contributed by atoms with Crippen molar-refractivity contribution < 1.29 is 19.4 Å². The summed E-state index contributed by atoms with van der Waals surface area (Å²) in [4.78, 5) is 22.8. The molecule has 0 saturated heterocycles. The summed E-state index contributed by atoms with van der Waals surface area (Å²) in [6.07, 6.45) is 2.84. The van der Waals surface area contributed by atoms with Crippen LogP contribution in [0.5, 0.6) is 5.75 Å². The van der Waals surface area contributed by atoms with E-state index >= 15 is 0 Å². The number of aliphatic carboxylic acids is 1. The molecule has 0 unspecified atom stereocenters. The molecule has 0 aliphatic heterocycles. The molecule has 0 fully saturated rings. The van der Waals surface area contributed by atoms with E-state index in [1.165, 1.54) is 24.2 Å². The summed E-state index contributed by atoms with van der Waals surface area (Å²) in [6.45, 7) is 1.62. The predicted octanol–water partition coefficient (Wildman–Crippen LogP) is 1.54. The van der Waals surface area contributed by atoms with Crippen LogP contribution >= 0.6 is 0 Å². The molecule has 0 bridgehead atoms. The summed E-state index contributed by atoms with van der Waals surface area (Å²) < 4.78 is 6.39. The van der Waals surface area contributed by atoms with Crippen LogP contribution in [0.25, 0.3) is 0 Å². The standard InChI is InChI=1S/C14H15N3O4/c1-9-3-4-12(21-2)11(5-9)14(20)16-10-6-15-17(7-10)8-13(18)19/h3-7H,8H2,1-2H3,(H,16,20)(H,18,19). The van der Waals surface area contributed by atoms with Crippen molar-refractivity contribution in [3.63, 3.8) is 0 Å². The number of ether oxygens (including phenoxy) is 1. The molecule has 7 heteroatoms. The smallest absolute Gasteiger partial charge is 0.325 e. The molecular weight excluding hydrogens is 274 g/mol. The number of anilines is 1. The summed E-state index contributed by atoms with van der Waals surface area (Å²) >= 11 is 0. The van der Waals surface area contributed by atoms with Crippen molar-refractivity contribution in [2.24, 2.45) is 0 Å². The molecule has 0 atom stereocenters. The van der Waals surface area contributed by atoms with Crippen LogP contribution in [0.15, 0.2) is 30.6 Å². The first kappa shape index (κ1) is 14.6. The maximum absolute atomic E-state index is 12.2. The average molecular weight is 289 g/mol. The van der Waals surface area contributed by atoms with Gasteiger partial charge in [-0.3, -0.25) is 14.3 Å². The fraction of sp³-hybridized carbons (Fsp3) is 0.214. The molecule has 1 heterocycles. The maximum atomic E-state index is 12.2. The van der Waals surface area contributed by atoms with Gasteiger partial charge >= 0.3 is 5.97 Å². The number of carboxylic acids is 1. The van der Waals surface area contributed by atoms with E-state index in [-0.39, 0.29) is 12.5 Å². The van der Waals surface area contributed by atoms with Gasteiger partial charge in [-0.05, 0) is 19.1 Å². The second kappa shape index (κ2) is 6.08. The first-order chi connectivity index (χ1) is 9.99. The minimum absolute atomic E-state index is 0.260. The van der Waals surface area contributed by atoms with Crippen LogP contribution in [0.1, 0.15) is 15.9 Å². The van der Waals surface area contributed by atoms with E-state index in [0.29, 0.717) is 17.0 Å². The van der Waals surface area contributed by atoms with Crippen LogP contribution < -0.4 is 10.1 Å². The van der Waals surface area contributed by atoms with Gasteiger partial charge < -0.3 is 15.2 Å². The van der Waals surface area contributed by atoms with Gasteiger partial charge in [0.05, 0.1) is 24.6 Å². The van der Waals surface area contributed by atoms with Crippen LogP contribution in [0, 0.1) is 6.92 Å². The zero-order valence-corrected chi connectivity index (χ0v) is 11.7. The fourth-order valence-corrected chi connectivity index (χ4v) is 1.85. The van der Waals surface area contributed by atoms with Crippen molar-refractivity contribution in [2.45, 2.75) is 13.5 Å².